The van der Waals surface area contributed by atoms with Crippen LogP contribution in [0.3, 0.4) is 0 Å². The zero-order valence-electron chi connectivity index (χ0n) is 30.1. The Kier molecular flexibility index (Phi) is 12.0. The van der Waals surface area contributed by atoms with Crippen LogP contribution >= 0.6 is 0 Å². The highest BCUT2D eigenvalue weighted by atomic mass is 14.3. The van der Waals surface area contributed by atoms with Crippen molar-refractivity contribution in [2.45, 2.75) is 79.6 Å². The van der Waals surface area contributed by atoms with E-state index in [1.807, 2.05) is 13.8 Å². The van der Waals surface area contributed by atoms with E-state index in [0.29, 0.717) is 0 Å². The highest BCUT2D eigenvalue weighted by Gasteiger charge is 2.30. The molecule has 1 unspecified atom stereocenters. The fraction of sp³-hybridized carbons (Fsp3) is 0.277. The van der Waals surface area contributed by atoms with Crippen molar-refractivity contribution in [2.24, 2.45) is 5.92 Å². The van der Waals surface area contributed by atoms with Crippen LogP contribution in [0.2, 0.25) is 0 Å². The maximum absolute atomic E-state index is 2.36. The molecule has 5 aromatic carbocycles. The summed E-state index contributed by atoms with van der Waals surface area (Å²) >= 11 is 0. The molecule has 1 atom stereocenters. The van der Waals surface area contributed by atoms with Crippen LogP contribution < -0.4 is 0 Å². The van der Waals surface area contributed by atoms with Crippen LogP contribution in [0.25, 0.3) is 33.4 Å². The summed E-state index contributed by atoms with van der Waals surface area (Å²) in [5, 5.41) is 0. The van der Waals surface area contributed by atoms with Gasteiger partial charge >= 0.3 is 0 Å². The topological polar surface area (TPSA) is 0 Å². The van der Waals surface area contributed by atoms with Crippen LogP contribution in [-0.4, -0.2) is 0 Å². The highest BCUT2D eigenvalue weighted by molar-refractivity contribution is 5.84. The zero-order chi connectivity index (χ0) is 34.0. The van der Waals surface area contributed by atoms with Crippen molar-refractivity contribution < 1.29 is 0 Å². The summed E-state index contributed by atoms with van der Waals surface area (Å²) in [6.45, 7) is 20.1. The lowest BCUT2D eigenvalue weighted by molar-refractivity contribution is 0.548. The van der Waals surface area contributed by atoms with Crippen LogP contribution in [-0.2, 0) is 10.8 Å². The second-order valence-corrected chi connectivity index (χ2v) is 14.0. The van der Waals surface area contributed by atoms with E-state index in [-0.39, 0.29) is 10.8 Å². The van der Waals surface area contributed by atoms with Crippen LogP contribution in [0, 0.1) is 12.8 Å². The quantitative estimate of drug-likeness (QED) is 0.184. The van der Waals surface area contributed by atoms with Crippen molar-refractivity contribution in [3.63, 3.8) is 0 Å². The number of rotatable bonds is 5. The van der Waals surface area contributed by atoms with Crippen molar-refractivity contribution in [1.82, 2.24) is 0 Å². The van der Waals surface area contributed by atoms with Crippen LogP contribution in [0.4, 0.5) is 0 Å². The molecule has 0 saturated carbocycles. The van der Waals surface area contributed by atoms with Gasteiger partial charge in [0.1, 0.15) is 0 Å². The van der Waals surface area contributed by atoms with Gasteiger partial charge in [-0.15, -0.1) is 0 Å². The van der Waals surface area contributed by atoms with E-state index in [9.17, 15) is 0 Å². The Bertz CT molecular complexity index is 1770. The van der Waals surface area contributed by atoms with E-state index >= 15 is 0 Å². The summed E-state index contributed by atoms with van der Waals surface area (Å²) in [6.07, 6.45) is 9.84. The number of allylic oxidation sites excluding steroid dienone is 4. The Balaban J connectivity index is 0.000000486. The van der Waals surface area contributed by atoms with Gasteiger partial charge in [0.2, 0.25) is 0 Å². The first-order valence-electron chi connectivity index (χ1n) is 17.4. The maximum atomic E-state index is 2.36. The summed E-state index contributed by atoms with van der Waals surface area (Å²) in [4.78, 5) is 0. The first-order valence-corrected chi connectivity index (χ1v) is 17.4. The van der Waals surface area contributed by atoms with Gasteiger partial charge in [0.25, 0.3) is 0 Å². The summed E-state index contributed by atoms with van der Waals surface area (Å²) < 4.78 is 0. The van der Waals surface area contributed by atoms with Gasteiger partial charge in [-0.25, -0.2) is 0 Å². The molecule has 0 saturated heterocycles. The fourth-order valence-electron chi connectivity index (χ4n) is 6.52. The lowest BCUT2D eigenvalue weighted by Gasteiger charge is -2.34. The summed E-state index contributed by atoms with van der Waals surface area (Å²) in [7, 11) is 0. The van der Waals surface area contributed by atoms with Crippen LogP contribution in [0.5, 0.6) is 0 Å². The number of benzene rings is 5. The van der Waals surface area contributed by atoms with E-state index in [1.54, 1.807) is 0 Å². The first-order chi connectivity index (χ1) is 22.6. The van der Waals surface area contributed by atoms with Crippen molar-refractivity contribution in [3.8, 4) is 33.4 Å². The molecule has 0 N–H and O–H groups in total. The molecule has 0 heteroatoms. The summed E-state index contributed by atoms with van der Waals surface area (Å²) in [5.41, 5.74) is 13.1. The Labute approximate surface area is 285 Å². The molecular formula is C47H54. The summed E-state index contributed by atoms with van der Waals surface area (Å²) in [6, 6.07) is 44.2. The van der Waals surface area contributed by atoms with E-state index in [1.165, 1.54) is 62.1 Å². The molecule has 0 aliphatic heterocycles. The van der Waals surface area contributed by atoms with Crippen molar-refractivity contribution in [1.29, 1.82) is 0 Å². The first kappa shape index (κ1) is 35.4. The average Bonchev–Trinajstić information content (AvgIpc) is 3.10. The third kappa shape index (κ3) is 8.69. The molecule has 0 radical (unpaired) electrons. The Morgan fingerprint density at radius 3 is 1.53 bits per heavy atom. The molecule has 0 fully saturated rings. The molecule has 0 aromatic heterocycles. The second-order valence-electron chi connectivity index (χ2n) is 14.0. The Morgan fingerprint density at radius 2 is 1.02 bits per heavy atom. The van der Waals surface area contributed by atoms with Gasteiger partial charge < -0.3 is 0 Å². The minimum atomic E-state index is -0.0858. The minimum absolute atomic E-state index is 0.0858. The SMILES string of the molecule is CC.CC1C=CC=CC1.Cc1cc(-c2ccc(-c3ccccc3-c3ccccc3)cc2)ccc1C(C)(C)c1ccccc1C(C)(C)C. The lowest BCUT2D eigenvalue weighted by atomic mass is 9.70. The Hall–Kier alpha value is -4.42. The Morgan fingerprint density at radius 1 is 0.511 bits per heavy atom. The van der Waals surface area contributed by atoms with E-state index in [0.717, 1.165) is 5.92 Å². The molecule has 1 aliphatic carbocycles. The van der Waals surface area contributed by atoms with Crippen molar-refractivity contribution >= 4 is 0 Å². The van der Waals surface area contributed by atoms with Gasteiger partial charge in [-0.3, -0.25) is 0 Å². The molecule has 0 heterocycles. The third-order valence-corrected chi connectivity index (χ3v) is 9.04. The van der Waals surface area contributed by atoms with Gasteiger partial charge in [0.15, 0.2) is 0 Å². The van der Waals surface area contributed by atoms with Gasteiger partial charge in [0.05, 0.1) is 0 Å². The fourth-order valence-corrected chi connectivity index (χ4v) is 6.52. The molecule has 1 aliphatic rings. The van der Waals surface area contributed by atoms with Crippen molar-refractivity contribution in [3.05, 3.63) is 168 Å². The smallest absolute Gasteiger partial charge is 0.0152 e. The predicted octanol–water partition coefficient (Wildman–Crippen LogP) is 13.8. The van der Waals surface area contributed by atoms with Crippen molar-refractivity contribution in [2.75, 3.05) is 0 Å². The lowest BCUT2D eigenvalue weighted by Crippen LogP contribution is -2.26. The van der Waals surface area contributed by atoms with E-state index in [4.69, 9.17) is 0 Å². The van der Waals surface area contributed by atoms with Gasteiger partial charge in [-0.2, -0.15) is 0 Å². The molecule has 0 spiro atoms. The van der Waals surface area contributed by atoms with E-state index < -0.39 is 0 Å². The normalized spacial score (nSPS) is 14.0. The minimum Gasteiger partial charge on any atom is -0.0840 e. The molecule has 0 amide bonds. The van der Waals surface area contributed by atoms with Gasteiger partial charge in [-0.1, -0.05) is 201 Å². The maximum Gasteiger partial charge on any atom is 0.0152 e. The monoisotopic (exact) mass is 618 g/mol. The van der Waals surface area contributed by atoms with Crippen LogP contribution in [0.15, 0.2) is 146 Å². The van der Waals surface area contributed by atoms with E-state index in [2.05, 4.69) is 194 Å². The molecule has 5 aromatic rings. The highest BCUT2D eigenvalue weighted by Crippen LogP contribution is 2.40. The zero-order valence-corrected chi connectivity index (χ0v) is 30.1. The summed E-state index contributed by atoms with van der Waals surface area (Å²) in [5.74, 6) is 0.769. The number of hydrogen-bond donors (Lipinski definition) is 0. The van der Waals surface area contributed by atoms with Gasteiger partial charge in [0, 0.05) is 5.41 Å². The molecule has 0 bridgehead atoms. The predicted molar refractivity (Wildman–Crippen MR) is 208 cm³/mol. The van der Waals surface area contributed by atoms with Crippen LogP contribution in [0.1, 0.15) is 84.1 Å². The largest absolute Gasteiger partial charge is 0.0840 e. The standard InChI is InChI=1S/C38H38.C7H10.C2H6/c1-27-26-31(24-25-34(27)38(5,6)36-19-13-12-18-35(36)37(2,3)4)28-20-22-30(23-21-28)33-17-11-10-16-32(33)29-14-8-7-9-15-29;1-7-5-3-2-4-6-7;1-2/h7-26H,1-6H3;2-5,7H,6H2,1H3;1-2H3. The van der Waals surface area contributed by atoms with Gasteiger partial charge in [-0.05, 0) is 80.3 Å². The molecule has 47 heavy (non-hydrogen) atoms. The second kappa shape index (κ2) is 15.9. The molecule has 6 rings (SSSR count). The molecule has 242 valence electrons. The number of hydrogen-bond acceptors (Lipinski definition) is 0. The molecular weight excluding hydrogens is 565 g/mol. The molecule has 0 nitrogen and oxygen atoms in total. The average molecular weight is 619 g/mol. The number of aryl methyl sites for hydroxylation is 1. The third-order valence-electron chi connectivity index (χ3n) is 9.04.